The Bertz CT molecular complexity index is 1070. The molecule has 5 nitrogen and oxygen atoms in total. The molecule has 0 radical (unpaired) electrons. The third kappa shape index (κ3) is 4.08. The lowest BCUT2D eigenvalue weighted by molar-refractivity contribution is -0.225. The third-order valence-corrected chi connectivity index (χ3v) is 13.1. The van der Waals surface area contributed by atoms with Crippen molar-refractivity contribution < 1.29 is 23.4 Å². The first-order valence-corrected chi connectivity index (χ1v) is 15.0. The fraction of sp³-hybridized carbons (Fsp3) is 0.500. The average molecular weight is 507 g/mol. The van der Waals surface area contributed by atoms with Gasteiger partial charge < -0.3 is 18.6 Å². The van der Waals surface area contributed by atoms with Crippen molar-refractivity contribution >= 4 is 24.7 Å². The average Bonchev–Trinajstić information content (AvgIpc) is 3.48. The van der Waals surface area contributed by atoms with Crippen LogP contribution in [-0.4, -0.2) is 45.0 Å². The highest BCUT2D eigenvalue weighted by Crippen LogP contribution is 2.52. The summed E-state index contributed by atoms with van der Waals surface area (Å²) >= 11 is 0. The van der Waals surface area contributed by atoms with Crippen LogP contribution < -0.4 is 10.4 Å². The number of carbonyl (C=O) groups is 1. The van der Waals surface area contributed by atoms with E-state index in [1.807, 2.05) is 32.1 Å². The summed E-state index contributed by atoms with van der Waals surface area (Å²) in [5.41, 5.74) is -0.913. The van der Waals surface area contributed by atoms with E-state index in [2.05, 4.69) is 75.4 Å². The molecular formula is C30H38O5Si. The quantitative estimate of drug-likeness (QED) is 0.322. The molecule has 36 heavy (non-hydrogen) atoms. The minimum absolute atomic E-state index is 0.0455. The van der Waals surface area contributed by atoms with Crippen molar-refractivity contribution in [3.63, 3.8) is 0 Å². The van der Waals surface area contributed by atoms with Crippen LogP contribution in [0.3, 0.4) is 0 Å². The second-order valence-electron chi connectivity index (χ2n) is 11.7. The standard InChI is InChI=1S/C30H38O5Si/c1-6-13-22-18-19-30(34-22)20-25-26(35-30)29(5,27(31)33-25)21-32-36(28(2,3)4,23-14-9-7-10-15-23)24-16-11-8-12-17-24/h6-17,22,25-26H,18-21H2,1-5H3/b13-6+/t22-,25?,26+,29+,30-/m1/s1. The molecule has 3 aliphatic rings. The summed E-state index contributed by atoms with van der Waals surface area (Å²) in [5.74, 6) is -0.924. The zero-order valence-corrected chi connectivity index (χ0v) is 23.0. The molecule has 0 saturated carbocycles. The SMILES string of the molecule is C/C=C/[C@@H]1CC[C@@]2(CC3OC(=O)[C@@](C)(CO[Si](c4ccccc4)(c4ccccc4)C(C)(C)C)[C@H]3O2)O1. The van der Waals surface area contributed by atoms with Crippen molar-refractivity contribution in [3.8, 4) is 0 Å². The Labute approximate surface area is 215 Å². The van der Waals surface area contributed by atoms with Crippen LogP contribution in [0.15, 0.2) is 72.8 Å². The number of ether oxygens (including phenoxy) is 3. The number of fused-ring (bicyclic) bond motifs is 1. The van der Waals surface area contributed by atoms with Crippen LogP contribution in [0.4, 0.5) is 0 Å². The van der Waals surface area contributed by atoms with Crippen LogP contribution in [0.1, 0.15) is 53.9 Å². The number of hydrogen-bond donors (Lipinski definition) is 0. The van der Waals surface area contributed by atoms with Crippen LogP contribution in [0.2, 0.25) is 5.04 Å². The lowest BCUT2D eigenvalue weighted by atomic mass is 9.85. The number of benzene rings is 2. The first-order chi connectivity index (χ1) is 17.1. The van der Waals surface area contributed by atoms with E-state index in [-0.39, 0.29) is 29.8 Å². The maximum Gasteiger partial charge on any atom is 0.317 e. The minimum atomic E-state index is -2.80. The Kier molecular flexibility index (Phi) is 6.52. The van der Waals surface area contributed by atoms with Gasteiger partial charge in [0, 0.05) is 12.8 Å². The topological polar surface area (TPSA) is 54.0 Å². The first kappa shape index (κ1) is 25.4. The van der Waals surface area contributed by atoms with E-state index in [4.69, 9.17) is 18.6 Å². The van der Waals surface area contributed by atoms with E-state index < -0.39 is 25.6 Å². The normalized spacial score (nSPS) is 32.4. The molecule has 3 heterocycles. The lowest BCUT2D eigenvalue weighted by Gasteiger charge is -2.44. The molecule has 0 amide bonds. The number of allylic oxidation sites excluding steroid dienone is 1. The van der Waals surface area contributed by atoms with Crippen molar-refractivity contribution in [2.75, 3.05) is 6.61 Å². The van der Waals surface area contributed by atoms with E-state index >= 15 is 0 Å². The van der Waals surface area contributed by atoms with Gasteiger partial charge in [-0.15, -0.1) is 0 Å². The summed E-state index contributed by atoms with van der Waals surface area (Å²) in [6.45, 7) is 10.9. The van der Waals surface area contributed by atoms with Gasteiger partial charge in [0.25, 0.3) is 8.32 Å². The zero-order valence-electron chi connectivity index (χ0n) is 22.0. The van der Waals surface area contributed by atoms with E-state index in [0.717, 1.165) is 12.8 Å². The maximum absolute atomic E-state index is 13.3. The van der Waals surface area contributed by atoms with Gasteiger partial charge in [-0.1, -0.05) is 93.6 Å². The fourth-order valence-electron chi connectivity index (χ4n) is 6.30. The summed E-state index contributed by atoms with van der Waals surface area (Å²) in [6.07, 6.45) is 5.72. The highest BCUT2D eigenvalue weighted by molar-refractivity contribution is 6.99. The lowest BCUT2D eigenvalue weighted by Crippen LogP contribution is -2.67. The Morgan fingerprint density at radius 2 is 1.64 bits per heavy atom. The maximum atomic E-state index is 13.3. The predicted molar refractivity (Wildman–Crippen MR) is 143 cm³/mol. The van der Waals surface area contributed by atoms with Gasteiger partial charge in [-0.3, -0.25) is 4.79 Å². The van der Waals surface area contributed by atoms with Gasteiger partial charge in [0.2, 0.25) is 0 Å². The van der Waals surface area contributed by atoms with Crippen molar-refractivity contribution in [3.05, 3.63) is 72.8 Å². The highest BCUT2D eigenvalue weighted by atomic mass is 28.4. The molecule has 0 aromatic heterocycles. The van der Waals surface area contributed by atoms with Gasteiger partial charge in [0.05, 0.1) is 12.7 Å². The molecule has 2 aromatic carbocycles. The second-order valence-corrected chi connectivity index (χ2v) is 16.0. The van der Waals surface area contributed by atoms with Crippen LogP contribution in [0.5, 0.6) is 0 Å². The first-order valence-electron chi connectivity index (χ1n) is 13.1. The van der Waals surface area contributed by atoms with Gasteiger partial charge in [-0.2, -0.15) is 0 Å². The molecular weight excluding hydrogens is 468 g/mol. The number of esters is 1. The molecule has 0 aliphatic carbocycles. The molecule has 3 fully saturated rings. The molecule has 5 atom stereocenters. The Hall–Kier alpha value is -2.25. The molecule has 3 aliphatic heterocycles. The van der Waals surface area contributed by atoms with Gasteiger partial charge >= 0.3 is 5.97 Å². The third-order valence-electron chi connectivity index (χ3n) is 8.13. The van der Waals surface area contributed by atoms with Crippen molar-refractivity contribution in [2.24, 2.45) is 5.41 Å². The molecule has 0 bridgehead atoms. The van der Waals surface area contributed by atoms with Crippen molar-refractivity contribution in [2.45, 2.75) is 83.0 Å². The number of hydrogen-bond acceptors (Lipinski definition) is 5. The Morgan fingerprint density at radius 3 is 2.19 bits per heavy atom. The molecule has 1 unspecified atom stereocenters. The van der Waals surface area contributed by atoms with Crippen LogP contribution in [0, 0.1) is 5.41 Å². The number of rotatable bonds is 6. The molecule has 1 spiro atoms. The molecule has 192 valence electrons. The van der Waals surface area contributed by atoms with E-state index in [1.165, 1.54) is 10.4 Å². The fourth-order valence-corrected chi connectivity index (χ4v) is 11.0. The minimum Gasteiger partial charge on any atom is -0.459 e. The van der Waals surface area contributed by atoms with Gasteiger partial charge in [0.1, 0.15) is 17.6 Å². The molecule has 6 heteroatoms. The van der Waals surface area contributed by atoms with Gasteiger partial charge in [0.15, 0.2) is 5.79 Å². The van der Waals surface area contributed by atoms with Crippen LogP contribution in [0.25, 0.3) is 0 Å². The smallest absolute Gasteiger partial charge is 0.317 e. The van der Waals surface area contributed by atoms with Gasteiger partial charge in [-0.25, -0.2) is 0 Å². The Balaban J connectivity index is 1.47. The van der Waals surface area contributed by atoms with E-state index in [9.17, 15) is 4.79 Å². The van der Waals surface area contributed by atoms with Crippen molar-refractivity contribution in [1.82, 2.24) is 0 Å². The highest BCUT2D eigenvalue weighted by Gasteiger charge is 2.66. The van der Waals surface area contributed by atoms with Crippen molar-refractivity contribution in [1.29, 1.82) is 0 Å². The predicted octanol–water partition coefficient (Wildman–Crippen LogP) is 4.74. The zero-order chi connectivity index (χ0) is 25.6. The summed E-state index contributed by atoms with van der Waals surface area (Å²) in [7, 11) is -2.80. The number of carbonyl (C=O) groups excluding carboxylic acids is 1. The summed E-state index contributed by atoms with van der Waals surface area (Å²) < 4.78 is 26.0. The van der Waals surface area contributed by atoms with E-state index in [1.54, 1.807) is 0 Å². The summed E-state index contributed by atoms with van der Waals surface area (Å²) in [6, 6.07) is 21.0. The molecule has 5 rings (SSSR count). The van der Waals surface area contributed by atoms with Crippen LogP contribution in [-0.2, 0) is 23.4 Å². The van der Waals surface area contributed by atoms with Crippen LogP contribution >= 0.6 is 0 Å². The summed E-state index contributed by atoms with van der Waals surface area (Å²) in [5, 5.41) is 2.19. The summed E-state index contributed by atoms with van der Waals surface area (Å²) in [4.78, 5) is 13.3. The second kappa shape index (κ2) is 9.25. The molecule has 3 saturated heterocycles. The van der Waals surface area contributed by atoms with Gasteiger partial charge in [-0.05, 0) is 35.7 Å². The van der Waals surface area contributed by atoms with E-state index in [0.29, 0.717) is 6.42 Å². The molecule has 2 aromatic rings. The Morgan fingerprint density at radius 1 is 1.03 bits per heavy atom. The largest absolute Gasteiger partial charge is 0.459 e. The molecule has 0 N–H and O–H groups in total. The monoisotopic (exact) mass is 506 g/mol.